The predicted molar refractivity (Wildman–Crippen MR) is 111 cm³/mol. The third-order valence-electron chi connectivity index (χ3n) is 4.14. The van der Waals surface area contributed by atoms with E-state index in [1.165, 1.54) is 11.1 Å². The lowest BCUT2D eigenvalue weighted by atomic mass is 10.1. The van der Waals surface area contributed by atoms with Gasteiger partial charge in [-0.3, -0.25) is 4.99 Å². The van der Waals surface area contributed by atoms with Crippen molar-refractivity contribution in [3.8, 4) is 11.6 Å². The van der Waals surface area contributed by atoms with Crippen molar-refractivity contribution in [1.82, 2.24) is 15.6 Å². The lowest BCUT2D eigenvalue weighted by molar-refractivity contribution is 0.143. The fourth-order valence-electron chi connectivity index (χ4n) is 2.66. The smallest absolute Gasteiger partial charge is 0.213 e. The number of methoxy groups -OCH3 is 2. The van der Waals surface area contributed by atoms with Gasteiger partial charge >= 0.3 is 0 Å². The van der Waals surface area contributed by atoms with E-state index in [0.717, 1.165) is 30.2 Å². The van der Waals surface area contributed by atoms with E-state index in [1.54, 1.807) is 27.5 Å². The topological polar surface area (TPSA) is 77.0 Å². The van der Waals surface area contributed by atoms with Crippen LogP contribution in [0.1, 0.15) is 16.7 Å². The summed E-state index contributed by atoms with van der Waals surface area (Å²) in [4.78, 5) is 8.56. The molecule has 0 fully saturated rings. The Bertz CT molecular complexity index is 748. The summed E-state index contributed by atoms with van der Waals surface area (Å²) < 4.78 is 15.9. The van der Waals surface area contributed by atoms with Gasteiger partial charge in [0.1, 0.15) is 12.4 Å². The molecule has 0 spiro atoms. The molecule has 152 valence electrons. The molecule has 1 aromatic heterocycles. The molecular formula is C21H30N4O3. The zero-order chi connectivity index (χ0) is 20.2. The monoisotopic (exact) mass is 386 g/mol. The molecule has 0 bridgehead atoms. The van der Waals surface area contributed by atoms with Crippen LogP contribution in [-0.2, 0) is 17.7 Å². The van der Waals surface area contributed by atoms with Gasteiger partial charge < -0.3 is 24.8 Å². The maximum atomic E-state index is 5.47. The SMILES string of the molecule is CN=C(NCCc1cc(C)ccc1OC)NCc1ccc(OCCOC)nc1. The first-order chi connectivity index (χ1) is 13.7. The average molecular weight is 386 g/mol. The molecule has 0 unspecified atom stereocenters. The van der Waals surface area contributed by atoms with E-state index in [0.29, 0.717) is 25.6 Å². The van der Waals surface area contributed by atoms with E-state index in [9.17, 15) is 0 Å². The highest BCUT2D eigenvalue weighted by Crippen LogP contribution is 2.19. The Balaban J connectivity index is 1.78. The summed E-state index contributed by atoms with van der Waals surface area (Å²) >= 11 is 0. The molecule has 0 saturated heterocycles. The molecule has 0 amide bonds. The van der Waals surface area contributed by atoms with Gasteiger partial charge in [0.2, 0.25) is 5.88 Å². The highest BCUT2D eigenvalue weighted by atomic mass is 16.5. The quantitative estimate of drug-likeness (QED) is 0.371. The van der Waals surface area contributed by atoms with Crippen molar-refractivity contribution in [2.24, 2.45) is 4.99 Å². The summed E-state index contributed by atoms with van der Waals surface area (Å²) in [5.74, 6) is 2.25. The number of nitrogens with one attached hydrogen (secondary N) is 2. The summed E-state index contributed by atoms with van der Waals surface area (Å²) in [5, 5.41) is 6.62. The van der Waals surface area contributed by atoms with Crippen molar-refractivity contribution in [3.05, 3.63) is 53.2 Å². The van der Waals surface area contributed by atoms with E-state index in [4.69, 9.17) is 14.2 Å². The Morgan fingerprint density at radius 2 is 1.96 bits per heavy atom. The number of ether oxygens (including phenoxy) is 3. The largest absolute Gasteiger partial charge is 0.496 e. The van der Waals surface area contributed by atoms with Gasteiger partial charge in [-0.25, -0.2) is 4.98 Å². The predicted octanol–water partition coefficient (Wildman–Crippen LogP) is 2.33. The van der Waals surface area contributed by atoms with Crippen molar-refractivity contribution >= 4 is 5.96 Å². The molecule has 1 heterocycles. The third-order valence-corrected chi connectivity index (χ3v) is 4.14. The van der Waals surface area contributed by atoms with Crippen LogP contribution in [0.2, 0.25) is 0 Å². The molecule has 1 aromatic carbocycles. The van der Waals surface area contributed by atoms with Crippen LogP contribution in [0, 0.1) is 6.92 Å². The first-order valence-electron chi connectivity index (χ1n) is 9.31. The van der Waals surface area contributed by atoms with Gasteiger partial charge in [0.15, 0.2) is 5.96 Å². The molecular weight excluding hydrogens is 356 g/mol. The molecule has 0 aliphatic rings. The average Bonchev–Trinajstić information content (AvgIpc) is 2.72. The molecule has 0 atom stereocenters. The van der Waals surface area contributed by atoms with E-state index in [1.807, 2.05) is 18.2 Å². The van der Waals surface area contributed by atoms with E-state index in [-0.39, 0.29) is 0 Å². The second-order valence-electron chi connectivity index (χ2n) is 6.26. The second kappa shape index (κ2) is 11.8. The van der Waals surface area contributed by atoms with Gasteiger partial charge in [-0.05, 0) is 30.5 Å². The van der Waals surface area contributed by atoms with Crippen molar-refractivity contribution in [2.45, 2.75) is 19.9 Å². The zero-order valence-corrected chi connectivity index (χ0v) is 17.1. The van der Waals surface area contributed by atoms with E-state index >= 15 is 0 Å². The molecule has 7 nitrogen and oxygen atoms in total. The number of nitrogens with zero attached hydrogens (tertiary/aromatic N) is 2. The first-order valence-corrected chi connectivity index (χ1v) is 9.31. The zero-order valence-electron chi connectivity index (χ0n) is 17.1. The summed E-state index contributed by atoms with van der Waals surface area (Å²) in [6.07, 6.45) is 2.64. The lowest BCUT2D eigenvalue weighted by Crippen LogP contribution is -2.37. The number of rotatable bonds is 10. The van der Waals surface area contributed by atoms with Crippen LogP contribution in [0.4, 0.5) is 0 Å². The molecule has 7 heteroatoms. The molecule has 2 rings (SSSR count). The fraction of sp³-hybridized carbons (Fsp3) is 0.429. The van der Waals surface area contributed by atoms with Crippen molar-refractivity contribution in [3.63, 3.8) is 0 Å². The van der Waals surface area contributed by atoms with Crippen molar-refractivity contribution in [2.75, 3.05) is 41.0 Å². The number of guanidine groups is 1. The van der Waals surface area contributed by atoms with Gasteiger partial charge in [0.25, 0.3) is 0 Å². The summed E-state index contributed by atoms with van der Waals surface area (Å²) in [5.41, 5.74) is 3.45. The first kappa shape index (κ1) is 21.5. The fourth-order valence-corrected chi connectivity index (χ4v) is 2.66. The van der Waals surface area contributed by atoms with E-state index in [2.05, 4.69) is 39.7 Å². The van der Waals surface area contributed by atoms with Crippen LogP contribution in [0.25, 0.3) is 0 Å². The van der Waals surface area contributed by atoms with Gasteiger partial charge in [-0.2, -0.15) is 0 Å². The van der Waals surface area contributed by atoms with Crippen LogP contribution in [0.5, 0.6) is 11.6 Å². The molecule has 0 aliphatic carbocycles. The molecule has 28 heavy (non-hydrogen) atoms. The molecule has 2 aromatic rings. The van der Waals surface area contributed by atoms with Gasteiger partial charge in [0.05, 0.1) is 13.7 Å². The second-order valence-corrected chi connectivity index (χ2v) is 6.26. The van der Waals surface area contributed by atoms with Crippen molar-refractivity contribution in [1.29, 1.82) is 0 Å². The van der Waals surface area contributed by atoms with E-state index < -0.39 is 0 Å². The molecule has 0 saturated carbocycles. The van der Waals surface area contributed by atoms with Crippen LogP contribution in [0.15, 0.2) is 41.5 Å². The van der Waals surface area contributed by atoms with Gasteiger partial charge in [-0.15, -0.1) is 0 Å². The number of benzene rings is 1. The normalized spacial score (nSPS) is 11.2. The number of aliphatic imine (C=N–C) groups is 1. The Hall–Kier alpha value is -2.80. The minimum atomic E-state index is 0.489. The van der Waals surface area contributed by atoms with Gasteiger partial charge in [-0.1, -0.05) is 23.8 Å². The van der Waals surface area contributed by atoms with Gasteiger partial charge in [0, 0.05) is 39.5 Å². The maximum absolute atomic E-state index is 5.47. The Labute approximate surface area is 167 Å². The molecule has 0 aliphatic heterocycles. The lowest BCUT2D eigenvalue weighted by Gasteiger charge is -2.14. The minimum Gasteiger partial charge on any atom is -0.496 e. The number of pyridine rings is 1. The number of aryl methyl sites for hydroxylation is 1. The number of hydrogen-bond acceptors (Lipinski definition) is 5. The number of aromatic nitrogens is 1. The highest BCUT2D eigenvalue weighted by molar-refractivity contribution is 5.79. The maximum Gasteiger partial charge on any atom is 0.213 e. The minimum absolute atomic E-state index is 0.489. The Morgan fingerprint density at radius 3 is 2.64 bits per heavy atom. The summed E-state index contributed by atoms with van der Waals surface area (Å²) in [6.45, 7) is 4.49. The molecule has 2 N–H and O–H groups in total. The standard InChI is InChI=1S/C21H30N4O3/c1-16-5-7-19(27-4)18(13-16)9-10-23-21(22-2)25-15-17-6-8-20(24-14-17)28-12-11-26-3/h5-8,13-14H,9-12,15H2,1-4H3,(H2,22,23,25). The number of hydrogen-bond donors (Lipinski definition) is 2. The highest BCUT2D eigenvalue weighted by Gasteiger charge is 2.05. The van der Waals surface area contributed by atoms with Crippen LogP contribution < -0.4 is 20.1 Å². The summed E-state index contributed by atoms with van der Waals surface area (Å²) in [6, 6.07) is 10.0. The molecule has 0 radical (unpaired) electrons. The van der Waals surface area contributed by atoms with Crippen LogP contribution >= 0.6 is 0 Å². The van der Waals surface area contributed by atoms with Crippen molar-refractivity contribution < 1.29 is 14.2 Å². The Kier molecular flexibility index (Phi) is 9.07. The Morgan fingerprint density at radius 1 is 1.11 bits per heavy atom. The third kappa shape index (κ3) is 7.08. The van der Waals surface area contributed by atoms with Crippen LogP contribution in [0.3, 0.4) is 0 Å². The summed E-state index contributed by atoms with van der Waals surface area (Å²) in [7, 11) is 5.10. The van der Waals surface area contributed by atoms with Crippen LogP contribution in [-0.4, -0.2) is 52.0 Å².